The van der Waals surface area contributed by atoms with Gasteiger partial charge in [0.2, 0.25) is 0 Å². The number of carbonyl (C=O) groups excluding carboxylic acids is 1. The molecule has 2 amide bonds. The van der Waals surface area contributed by atoms with Gasteiger partial charge in [0, 0.05) is 17.0 Å². The van der Waals surface area contributed by atoms with E-state index in [0.29, 0.717) is 6.54 Å². The number of rotatable bonds is 2. The number of likely N-dealkylation sites (tertiary alicyclic amines) is 1. The molecular formula is C18H18N2OS. The smallest absolute Gasteiger partial charge is 0.318 e. The van der Waals surface area contributed by atoms with E-state index in [4.69, 9.17) is 0 Å². The molecule has 1 aliphatic heterocycles. The normalized spacial score (nSPS) is 16.9. The number of carbonyl (C=O) groups is 1. The van der Waals surface area contributed by atoms with Crippen LogP contribution in [0.4, 0.5) is 4.79 Å². The molecular weight excluding hydrogens is 292 g/mol. The number of nitrogens with one attached hydrogen (secondary N) is 1. The van der Waals surface area contributed by atoms with Gasteiger partial charge in [-0.3, -0.25) is 0 Å². The zero-order valence-corrected chi connectivity index (χ0v) is 13.1. The number of benzene rings is 1. The molecule has 112 valence electrons. The Hall–Kier alpha value is -2.25. The standard InChI is InChI=1S/C18H18N2OS/c21-18(19-12-4-9-15-7-2-1-3-8-15)20-13-5-10-16(20)17-11-6-14-22-17/h1-3,6-8,11,14,16H,5,10,12-13H2,(H,19,21). The van der Waals surface area contributed by atoms with E-state index in [-0.39, 0.29) is 12.1 Å². The lowest BCUT2D eigenvalue weighted by molar-refractivity contribution is 0.195. The third-order valence-corrected chi connectivity index (χ3v) is 4.69. The van der Waals surface area contributed by atoms with E-state index in [0.717, 1.165) is 24.9 Å². The summed E-state index contributed by atoms with van der Waals surface area (Å²) in [5.41, 5.74) is 0.967. The van der Waals surface area contributed by atoms with Gasteiger partial charge in [0.05, 0.1) is 12.6 Å². The highest BCUT2D eigenvalue weighted by Gasteiger charge is 2.30. The van der Waals surface area contributed by atoms with Crippen molar-refractivity contribution in [2.45, 2.75) is 18.9 Å². The molecule has 1 fully saturated rings. The second-order valence-corrected chi connectivity index (χ2v) is 6.17. The molecule has 0 bridgehead atoms. The number of thiophene rings is 1. The molecule has 1 aliphatic rings. The number of hydrogen-bond acceptors (Lipinski definition) is 2. The van der Waals surface area contributed by atoms with Gasteiger partial charge in [0.25, 0.3) is 0 Å². The van der Waals surface area contributed by atoms with Gasteiger partial charge >= 0.3 is 6.03 Å². The maximum absolute atomic E-state index is 12.3. The molecule has 22 heavy (non-hydrogen) atoms. The molecule has 0 spiro atoms. The van der Waals surface area contributed by atoms with Gasteiger partial charge in [-0.05, 0) is 36.4 Å². The fourth-order valence-electron chi connectivity index (χ4n) is 2.68. The van der Waals surface area contributed by atoms with Gasteiger partial charge in [-0.25, -0.2) is 4.79 Å². The first-order chi connectivity index (χ1) is 10.8. The van der Waals surface area contributed by atoms with Crippen LogP contribution in [0.2, 0.25) is 0 Å². The number of hydrogen-bond donors (Lipinski definition) is 1. The molecule has 3 nitrogen and oxygen atoms in total. The van der Waals surface area contributed by atoms with Crippen LogP contribution in [0.15, 0.2) is 47.8 Å². The van der Waals surface area contributed by atoms with E-state index in [9.17, 15) is 4.79 Å². The molecule has 1 atom stereocenters. The van der Waals surface area contributed by atoms with Crippen LogP contribution in [0.1, 0.15) is 29.3 Å². The highest BCUT2D eigenvalue weighted by atomic mass is 32.1. The molecule has 1 aromatic heterocycles. The van der Waals surface area contributed by atoms with E-state index in [1.54, 1.807) is 11.3 Å². The lowest BCUT2D eigenvalue weighted by Gasteiger charge is -2.23. The molecule has 0 saturated carbocycles. The summed E-state index contributed by atoms with van der Waals surface area (Å²) in [4.78, 5) is 15.5. The van der Waals surface area contributed by atoms with Crippen molar-refractivity contribution >= 4 is 17.4 Å². The minimum absolute atomic E-state index is 0.0155. The van der Waals surface area contributed by atoms with Crippen LogP contribution >= 0.6 is 11.3 Å². The molecule has 1 aromatic carbocycles. The van der Waals surface area contributed by atoms with Crippen molar-refractivity contribution in [2.24, 2.45) is 0 Å². The van der Waals surface area contributed by atoms with Crippen LogP contribution in [-0.2, 0) is 0 Å². The average molecular weight is 310 g/mol. The van der Waals surface area contributed by atoms with E-state index in [1.165, 1.54) is 4.88 Å². The predicted molar refractivity (Wildman–Crippen MR) is 89.7 cm³/mol. The lowest BCUT2D eigenvalue weighted by Crippen LogP contribution is -2.39. The summed E-state index contributed by atoms with van der Waals surface area (Å²) in [6.45, 7) is 1.20. The Labute approximate surface area is 135 Å². The molecule has 2 aromatic rings. The Bertz CT molecular complexity index is 670. The van der Waals surface area contributed by atoms with Crippen molar-refractivity contribution < 1.29 is 4.79 Å². The average Bonchev–Trinajstić information content (AvgIpc) is 3.22. The summed E-state index contributed by atoms with van der Waals surface area (Å²) < 4.78 is 0. The first-order valence-corrected chi connectivity index (χ1v) is 8.34. The maximum atomic E-state index is 12.3. The third-order valence-electron chi connectivity index (χ3n) is 3.72. The Kier molecular flexibility index (Phi) is 4.77. The summed E-state index contributed by atoms with van der Waals surface area (Å²) in [6, 6.07) is 14.2. The molecule has 0 radical (unpaired) electrons. The Balaban J connectivity index is 1.55. The fourth-order valence-corrected chi connectivity index (χ4v) is 3.55. The van der Waals surface area contributed by atoms with Crippen molar-refractivity contribution in [1.29, 1.82) is 0 Å². The van der Waals surface area contributed by atoms with E-state index in [2.05, 4.69) is 28.6 Å². The number of amides is 2. The van der Waals surface area contributed by atoms with Crippen molar-refractivity contribution in [3.05, 3.63) is 58.3 Å². The van der Waals surface area contributed by atoms with Gasteiger partial charge in [0.15, 0.2) is 0 Å². The van der Waals surface area contributed by atoms with E-state index < -0.39 is 0 Å². The SMILES string of the molecule is O=C(NCC#Cc1ccccc1)N1CCCC1c1cccs1. The summed E-state index contributed by atoms with van der Waals surface area (Å²) >= 11 is 1.72. The largest absolute Gasteiger partial charge is 0.327 e. The minimum Gasteiger partial charge on any atom is -0.327 e. The fraction of sp³-hybridized carbons (Fsp3) is 0.278. The zero-order chi connectivity index (χ0) is 15.2. The Morgan fingerprint density at radius 3 is 2.91 bits per heavy atom. The predicted octanol–water partition coefficient (Wildman–Crippen LogP) is 3.65. The first kappa shape index (κ1) is 14.7. The Morgan fingerprint density at radius 2 is 2.14 bits per heavy atom. The van der Waals surface area contributed by atoms with Crippen LogP contribution in [0.5, 0.6) is 0 Å². The summed E-state index contributed by atoms with van der Waals surface area (Å²) in [6.07, 6.45) is 2.11. The highest BCUT2D eigenvalue weighted by Crippen LogP contribution is 2.34. The van der Waals surface area contributed by atoms with Crippen LogP contribution < -0.4 is 5.32 Å². The Morgan fingerprint density at radius 1 is 1.27 bits per heavy atom. The second-order valence-electron chi connectivity index (χ2n) is 5.19. The van der Waals surface area contributed by atoms with Crippen molar-refractivity contribution in [3.63, 3.8) is 0 Å². The molecule has 0 aliphatic carbocycles. The first-order valence-electron chi connectivity index (χ1n) is 7.46. The topological polar surface area (TPSA) is 32.3 Å². The molecule has 1 N–H and O–H groups in total. The maximum Gasteiger partial charge on any atom is 0.318 e. The van der Waals surface area contributed by atoms with Crippen LogP contribution in [0.3, 0.4) is 0 Å². The molecule has 2 heterocycles. The number of urea groups is 1. The summed E-state index contributed by atoms with van der Waals surface area (Å²) in [5, 5.41) is 4.97. The van der Waals surface area contributed by atoms with Crippen LogP contribution in [-0.4, -0.2) is 24.0 Å². The van der Waals surface area contributed by atoms with Crippen molar-refractivity contribution in [3.8, 4) is 11.8 Å². The lowest BCUT2D eigenvalue weighted by atomic mass is 10.2. The molecule has 4 heteroatoms. The van der Waals surface area contributed by atoms with E-state index >= 15 is 0 Å². The minimum atomic E-state index is -0.0155. The monoisotopic (exact) mass is 310 g/mol. The van der Waals surface area contributed by atoms with Gasteiger partial charge in [-0.15, -0.1) is 11.3 Å². The van der Waals surface area contributed by atoms with Crippen LogP contribution in [0.25, 0.3) is 0 Å². The van der Waals surface area contributed by atoms with Gasteiger partial charge in [0.1, 0.15) is 0 Å². The highest BCUT2D eigenvalue weighted by molar-refractivity contribution is 7.10. The quantitative estimate of drug-likeness (QED) is 0.844. The molecule has 1 saturated heterocycles. The van der Waals surface area contributed by atoms with Gasteiger partial charge in [-0.2, -0.15) is 0 Å². The third kappa shape index (κ3) is 3.49. The van der Waals surface area contributed by atoms with E-state index in [1.807, 2.05) is 41.3 Å². The zero-order valence-electron chi connectivity index (χ0n) is 12.3. The molecule has 3 rings (SSSR count). The summed E-state index contributed by atoms with van der Waals surface area (Å²) in [7, 11) is 0. The van der Waals surface area contributed by atoms with Crippen LogP contribution in [0, 0.1) is 11.8 Å². The van der Waals surface area contributed by atoms with Crippen molar-refractivity contribution in [1.82, 2.24) is 10.2 Å². The molecule has 1 unspecified atom stereocenters. The van der Waals surface area contributed by atoms with Gasteiger partial charge < -0.3 is 10.2 Å². The summed E-state index contributed by atoms with van der Waals surface area (Å²) in [5.74, 6) is 6.05. The van der Waals surface area contributed by atoms with Gasteiger partial charge in [-0.1, -0.05) is 36.1 Å². The second kappa shape index (κ2) is 7.15. The number of nitrogens with zero attached hydrogens (tertiary/aromatic N) is 1. The van der Waals surface area contributed by atoms with Crippen molar-refractivity contribution in [2.75, 3.05) is 13.1 Å².